The van der Waals surface area contributed by atoms with E-state index in [0.717, 1.165) is 4.57 Å². The van der Waals surface area contributed by atoms with Crippen LogP contribution in [-0.2, 0) is 10.8 Å². The zero-order valence-electron chi connectivity index (χ0n) is 10.8. The van der Waals surface area contributed by atoms with Crippen molar-refractivity contribution in [3.05, 3.63) is 31.6 Å². The summed E-state index contributed by atoms with van der Waals surface area (Å²) in [5, 5.41) is 0.0843. The van der Waals surface area contributed by atoms with Gasteiger partial charge in [-0.3, -0.25) is 18.6 Å². The topological polar surface area (TPSA) is 71.9 Å². The van der Waals surface area contributed by atoms with Crippen LogP contribution in [0.25, 0.3) is 0 Å². The highest BCUT2D eigenvalue weighted by Gasteiger charge is 2.19. The van der Waals surface area contributed by atoms with E-state index < -0.39 is 28.1 Å². The Bertz CT molecular complexity index is 577. The van der Waals surface area contributed by atoms with Crippen molar-refractivity contribution in [3.63, 3.8) is 0 Å². The van der Waals surface area contributed by atoms with Crippen LogP contribution < -0.4 is 11.2 Å². The van der Waals surface area contributed by atoms with Crippen molar-refractivity contribution in [1.82, 2.24) is 9.55 Å². The highest BCUT2D eigenvalue weighted by molar-refractivity contribution is 7.84. The van der Waals surface area contributed by atoms with Crippen LogP contribution in [0.4, 0.5) is 0 Å². The van der Waals surface area contributed by atoms with E-state index in [4.69, 9.17) is 11.6 Å². The summed E-state index contributed by atoms with van der Waals surface area (Å²) in [6, 6.07) is -0.429. The van der Waals surface area contributed by atoms with Crippen LogP contribution in [0, 0.1) is 0 Å². The summed E-state index contributed by atoms with van der Waals surface area (Å²) in [4.78, 5) is 26.5. The van der Waals surface area contributed by atoms with Gasteiger partial charge in [0.2, 0.25) is 0 Å². The van der Waals surface area contributed by atoms with Gasteiger partial charge in [0, 0.05) is 22.8 Å². The standard InChI is InChI=1S/C11H17ClN2O3S/c1-6(2)8-9(12)13-11(16)14(10(8)15)7(3)5-18(4)17/h6-7H,5H2,1-4H3,(H,13,16). The van der Waals surface area contributed by atoms with E-state index >= 15 is 0 Å². The van der Waals surface area contributed by atoms with Crippen molar-refractivity contribution in [3.8, 4) is 0 Å². The Morgan fingerprint density at radius 1 is 1.33 bits per heavy atom. The van der Waals surface area contributed by atoms with Gasteiger partial charge in [0.25, 0.3) is 5.56 Å². The molecule has 1 aromatic rings. The third-order valence-electron chi connectivity index (χ3n) is 2.62. The molecule has 1 heterocycles. The molecular weight excluding hydrogens is 276 g/mol. The fourth-order valence-corrected chi connectivity index (χ4v) is 3.06. The lowest BCUT2D eigenvalue weighted by atomic mass is 10.1. The molecule has 0 amide bonds. The molecule has 2 atom stereocenters. The number of nitrogens with zero attached hydrogens (tertiary/aromatic N) is 1. The minimum absolute atomic E-state index is 0.0843. The molecule has 0 aliphatic heterocycles. The number of nitrogens with one attached hydrogen (secondary N) is 1. The van der Waals surface area contributed by atoms with Crippen molar-refractivity contribution in [2.75, 3.05) is 12.0 Å². The molecule has 1 N–H and O–H groups in total. The van der Waals surface area contributed by atoms with Crippen LogP contribution in [0.3, 0.4) is 0 Å². The summed E-state index contributed by atoms with van der Waals surface area (Å²) in [6.45, 7) is 5.35. The van der Waals surface area contributed by atoms with E-state index in [9.17, 15) is 13.8 Å². The molecule has 5 nitrogen and oxygen atoms in total. The first-order valence-corrected chi connectivity index (χ1v) is 7.70. The molecule has 0 aliphatic carbocycles. The van der Waals surface area contributed by atoms with Gasteiger partial charge in [0.05, 0.1) is 11.6 Å². The first-order chi connectivity index (χ1) is 8.25. The average Bonchev–Trinajstić information content (AvgIpc) is 2.13. The molecule has 0 fully saturated rings. The second kappa shape index (κ2) is 5.84. The number of rotatable bonds is 4. The number of hydrogen-bond acceptors (Lipinski definition) is 3. The summed E-state index contributed by atoms with van der Waals surface area (Å²) >= 11 is 5.88. The highest BCUT2D eigenvalue weighted by Crippen LogP contribution is 2.17. The smallest absolute Gasteiger partial charge is 0.297 e. The molecule has 102 valence electrons. The second-order valence-electron chi connectivity index (χ2n) is 4.58. The normalized spacial score (nSPS) is 14.8. The summed E-state index contributed by atoms with van der Waals surface area (Å²) in [5.74, 6) is 0.162. The maximum absolute atomic E-state index is 12.2. The summed E-state index contributed by atoms with van der Waals surface area (Å²) in [5.41, 5.74) is -0.589. The van der Waals surface area contributed by atoms with Crippen molar-refractivity contribution in [2.24, 2.45) is 0 Å². The predicted molar refractivity (Wildman–Crippen MR) is 74.1 cm³/mol. The van der Waals surface area contributed by atoms with Crippen LogP contribution >= 0.6 is 11.6 Å². The molecule has 18 heavy (non-hydrogen) atoms. The van der Waals surface area contributed by atoms with Crippen LogP contribution in [0.1, 0.15) is 38.3 Å². The van der Waals surface area contributed by atoms with Crippen LogP contribution in [-0.4, -0.2) is 25.8 Å². The average molecular weight is 293 g/mol. The molecule has 0 spiro atoms. The van der Waals surface area contributed by atoms with E-state index in [1.54, 1.807) is 6.92 Å². The first kappa shape index (κ1) is 15.2. The van der Waals surface area contributed by atoms with E-state index in [1.165, 1.54) is 6.26 Å². The second-order valence-corrected chi connectivity index (χ2v) is 6.43. The van der Waals surface area contributed by atoms with Gasteiger partial charge in [0.15, 0.2) is 0 Å². The third-order valence-corrected chi connectivity index (χ3v) is 3.87. The van der Waals surface area contributed by atoms with Crippen LogP contribution in [0.2, 0.25) is 5.15 Å². The molecule has 1 aromatic heterocycles. The van der Waals surface area contributed by atoms with Gasteiger partial charge in [-0.05, 0) is 12.8 Å². The van der Waals surface area contributed by atoms with Gasteiger partial charge in [-0.25, -0.2) is 4.79 Å². The van der Waals surface area contributed by atoms with Crippen LogP contribution in [0.15, 0.2) is 9.59 Å². The predicted octanol–water partition coefficient (Wildman–Crippen LogP) is 1.25. The maximum atomic E-state index is 12.2. The van der Waals surface area contributed by atoms with Gasteiger partial charge in [-0.15, -0.1) is 0 Å². The minimum atomic E-state index is -1.08. The minimum Gasteiger partial charge on any atom is -0.297 e. The van der Waals surface area contributed by atoms with E-state index in [2.05, 4.69) is 4.98 Å². The molecule has 0 aliphatic rings. The molecule has 0 bridgehead atoms. The molecule has 0 aromatic carbocycles. The monoisotopic (exact) mass is 292 g/mol. The quantitative estimate of drug-likeness (QED) is 0.849. The lowest BCUT2D eigenvalue weighted by molar-refractivity contribution is 0.538. The molecular formula is C11H17ClN2O3S. The molecule has 2 unspecified atom stereocenters. The van der Waals surface area contributed by atoms with E-state index in [0.29, 0.717) is 5.56 Å². The van der Waals surface area contributed by atoms with Gasteiger partial charge >= 0.3 is 5.69 Å². The number of aromatic amines is 1. The Balaban J connectivity index is 3.46. The zero-order valence-corrected chi connectivity index (χ0v) is 12.4. The molecule has 0 saturated carbocycles. The Hall–Kier alpha value is -0.880. The fourth-order valence-electron chi connectivity index (χ4n) is 1.85. The number of H-pyrrole nitrogens is 1. The number of aromatic nitrogens is 2. The van der Waals surface area contributed by atoms with Crippen molar-refractivity contribution in [2.45, 2.75) is 32.7 Å². The summed E-state index contributed by atoms with van der Waals surface area (Å²) in [7, 11) is -1.08. The van der Waals surface area contributed by atoms with Gasteiger partial charge in [-0.2, -0.15) is 0 Å². The van der Waals surface area contributed by atoms with Crippen molar-refractivity contribution < 1.29 is 4.21 Å². The maximum Gasteiger partial charge on any atom is 0.329 e. The van der Waals surface area contributed by atoms with Gasteiger partial charge in [-0.1, -0.05) is 25.4 Å². The molecule has 0 saturated heterocycles. The molecule has 7 heteroatoms. The SMILES string of the molecule is CC(C)c1c(Cl)[nH]c(=O)n(C(C)CS(C)=O)c1=O. The van der Waals surface area contributed by atoms with Crippen molar-refractivity contribution in [1.29, 1.82) is 0 Å². The number of hydrogen-bond donors (Lipinski definition) is 1. The Kier molecular flexibility index (Phi) is 4.92. The summed E-state index contributed by atoms with van der Waals surface area (Å²) < 4.78 is 12.3. The first-order valence-electron chi connectivity index (χ1n) is 5.60. The lowest BCUT2D eigenvalue weighted by Crippen LogP contribution is -2.41. The Labute approximate surface area is 113 Å². The summed E-state index contributed by atoms with van der Waals surface area (Å²) in [6.07, 6.45) is 1.54. The van der Waals surface area contributed by atoms with Gasteiger partial charge in [0.1, 0.15) is 5.15 Å². The van der Waals surface area contributed by atoms with Crippen molar-refractivity contribution >= 4 is 22.4 Å². The fraction of sp³-hybridized carbons (Fsp3) is 0.636. The van der Waals surface area contributed by atoms with E-state index in [1.807, 2.05) is 13.8 Å². The van der Waals surface area contributed by atoms with Gasteiger partial charge < -0.3 is 0 Å². The van der Waals surface area contributed by atoms with Crippen LogP contribution in [0.5, 0.6) is 0 Å². The molecule has 0 radical (unpaired) electrons. The lowest BCUT2D eigenvalue weighted by Gasteiger charge is -2.15. The Morgan fingerprint density at radius 3 is 2.33 bits per heavy atom. The zero-order chi connectivity index (χ0) is 14.0. The molecule has 1 rings (SSSR count). The largest absolute Gasteiger partial charge is 0.329 e. The number of halogens is 1. The highest BCUT2D eigenvalue weighted by atomic mass is 35.5. The third kappa shape index (κ3) is 3.11. The Morgan fingerprint density at radius 2 is 1.89 bits per heavy atom. The van der Waals surface area contributed by atoms with E-state index in [-0.39, 0.29) is 16.8 Å².